The highest BCUT2D eigenvalue weighted by Gasteiger charge is 2.09. The number of hydrogen-bond acceptors (Lipinski definition) is 2. The monoisotopic (exact) mass is 316 g/mol. The lowest BCUT2D eigenvalue weighted by Crippen LogP contribution is -1.96. The largest absolute Gasteiger partial charge is 0.487 e. The van der Waals surface area contributed by atoms with Gasteiger partial charge >= 0.3 is 0 Å². The molecule has 0 aliphatic carbocycles. The van der Waals surface area contributed by atoms with E-state index in [1.54, 1.807) is 4.68 Å². The summed E-state index contributed by atoms with van der Waals surface area (Å²) in [6.07, 6.45) is 1.98. The predicted molar refractivity (Wildman–Crippen MR) is 79.2 cm³/mol. The lowest BCUT2D eigenvalue weighted by molar-refractivity contribution is 0.309. The molecule has 1 heterocycles. The van der Waals surface area contributed by atoms with E-state index < -0.39 is 0 Å². The van der Waals surface area contributed by atoms with Crippen LogP contribution in [-0.4, -0.2) is 9.78 Å². The quantitative estimate of drug-likeness (QED) is 0.732. The Labute approximate surface area is 119 Å². The van der Waals surface area contributed by atoms with Crippen molar-refractivity contribution in [1.29, 1.82) is 0 Å². The van der Waals surface area contributed by atoms with Crippen LogP contribution in [0.1, 0.15) is 5.56 Å². The first-order valence-electron chi connectivity index (χ1n) is 6.02. The zero-order valence-corrected chi connectivity index (χ0v) is 12.1. The molecule has 2 aromatic carbocycles. The van der Waals surface area contributed by atoms with Crippen LogP contribution in [-0.2, 0) is 13.7 Å². The molecule has 0 bridgehead atoms. The summed E-state index contributed by atoms with van der Waals surface area (Å²) in [6.45, 7) is 0.550. The molecule has 0 amide bonds. The normalized spacial score (nSPS) is 10.8. The van der Waals surface area contributed by atoms with Crippen molar-refractivity contribution in [2.75, 3.05) is 0 Å². The Morgan fingerprint density at radius 2 is 1.95 bits per heavy atom. The van der Waals surface area contributed by atoms with Gasteiger partial charge in [0, 0.05) is 23.1 Å². The van der Waals surface area contributed by atoms with Crippen LogP contribution in [0.25, 0.3) is 10.9 Å². The van der Waals surface area contributed by atoms with Gasteiger partial charge in [0.1, 0.15) is 17.9 Å². The van der Waals surface area contributed by atoms with E-state index in [4.69, 9.17) is 4.74 Å². The number of nitrogens with zero attached hydrogens (tertiary/aromatic N) is 2. The van der Waals surface area contributed by atoms with Crippen molar-refractivity contribution in [3.05, 3.63) is 58.7 Å². The maximum atomic E-state index is 5.88. The molecule has 0 aliphatic rings. The molecule has 0 aliphatic heterocycles. The molecule has 0 saturated heterocycles. The summed E-state index contributed by atoms with van der Waals surface area (Å²) in [4.78, 5) is 0. The second-order valence-electron chi connectivity index (χ2n) is 4.38. The molecule has 0 unspecified atom stereocenters. The number of aryl methyl sites for hydroxylation is 1. The third kappa shape index (κ3) is 2.49. The lowest BCUT2D eigenvalue weighted by Gasteiger charge is -2.07. The van der Waals surface area contributed by atoms with Gasteiger partial charge in [-0.1, -0.05) is 46.3 Å². The van der Waals surface area contributed by atoms with Gasteiger partial charge in [0.15, 0.2) is 0 Å². The average Bonchev–Trinajstić information content (AvgIpc) is 2.82. The van der Waals surface area contributed by atoms with E-state index in [-0.39, 0.29) is 0 Å². The standard InChI is InChI=1S/C15H13BrN2O/c1-18-9-12-13(16)7-8-14(15(12)17-18)19-10-11-5-3-2-4-6-11/h2-9H,10H2,1H3. The molecule has 0 atom stereocenters. The van der Waals surface area contributed by atoms with E-state index in [1.165, 1.54) is 0 Å². The van der Waals surface area contributed by atoms with Crippen LogP contribution < -0.4 is 4.74 Å². The second-order valence-corrected chi connectivity index (χ2v) is 5.24. The maximum absolute atomic E-state index is 5.88. The number of fused-ring (bicyclic) bond motifs is 1. The molecular weight excluding hydrogens is 304 g/mol. The van der Waals surface area contributed by atoms with Crippen LogP contribution in [0.3, 0.4) is 0 Å². The molecule has 3 nitrogen and oxygen atoms in total. The van der Waals surface area contributed by atoms with E-state index in [0.29, 0.717) is 6.61 Å². The Hall–Kier alpha value is -1.81. The molecule has 96 valence electrons. The zero-order valence-electron chi connectivity index (χ0n) is 10.5. The van der Waals surface area contributed by atoms with Crippen molar-refractivity contribution in [2.45, 2.75) is 6.61 Å². The van der Waals surface area contributed by atoms with Crippen molar-refractivity contribution in [1.82, 2.24) is 9.78 Å². The number of ether oxygens (including phenoxy) is 1. The molecule has 4 heteroatoms. The van der Waals surface area contributed by atoms with E-state index in [2.05, 4.69) is 33.2 Å². The van der Waals surface area contributed by atoms with E-state index in [0.717, 1.165) is 26.7 Å². The number of aromatic nitrogens is 2. The first-order chi connectivity index (χ1) is 9.24. The Kier molecular flexibility index (Phi) is 3.25. The Morgan fingerprint density at radius 1 is 1.16 bits per heavy atom. The SMILES string of the molecule is Cn1cc2c(Br)ccc(OCc3ccccc3)c2n1. The van der Waals surface area contributed by atoms with Crippen molar-refractivity contribution < 1.29 is 4.74 Å². The molecular formula is C15H13BrN2O. The fourth-order valence-corrected chi connectivity index (χ4v) is 2.44. The average molecular weight is 317 g/mol. The minimum atomic E-state index is 0.550. The molecule has 3 aromatic rings. The molecule has 0 N–H and O–H groups in total. The number of rotatable bonds is 3. The van der Waals surface area contributed by atoms with Crippen molar-refractivity contribution >= 4 is 26.8 Å². The van der Waals surface area contributed by atoms with Gasteiger partial charge in [-0.2, -0.15) is 5.10 Å². The summed E-state index contributed by atoms with van der Waals surface area (Å²) in [5.41, 5.74) is 2.03. The zero-order chi connectivity index (χ0) is 13.2. The molecule has 1 aromatic heterocycles. The Morgan fingerprint density at radius 3 is 2.74 bits per heavy atom. The van der Waals surface area contributed by atoms with Crippen molar-refractivity contribution in [2.24, 2.45) is 7.05 Å². The van der Waals surface area contributed by atoms with Crippen LogP contribution in [0.5, 0.6) is 5.75 Å². The second kappa shape index (κ2) is 5.05. The summed E-state index contributed by atoms with van der Waals surface area (Å²) >= 11 is 3.53. The van der Waals surface area contributed by atoms with Crippen LogP contribution in [0.4, 0.5) is 0 Å². The van der Waals surface area contributed by atoms with E-state index in [9.17, 15) is 0 Å². The minimum Gasteiger partial charge on any atom is -0.487 e. The summed E-state index contributed by atoms with van der Waals surface area (Å²) < 4.78 is 8.70. The number of benzene rings is 2. The highest BCUT2D eigenvalue weighted by Crippen LogP contribution is 2.30. The highest BCUT2D eigenvalue weighted by atomic mass is 79.9. The minimum absolute atomic E-state index is 0.550. The molecule has 0 saturated carbocycles. The number of halogens is 1. The van der Waals surface area contributed by atoms with Gasteiger partial charge in [0.05, 0.1) is 0 Å². The Balaban J connectivity index is 1.91. The number of hydrogen-bond donors (Lipinski definition) is 0. The fourth-order valence-electron chi connectivity index (χ4n) is 2.01. The third-order valence-corrected chi connectivity index (χ3v) is 3.63. The van der Waals surface area contributed by atoms with E-state index in [1.807, 2.05) is 43.6 Å². The van der Waals surface area contributed by atoms with Gasteiger partial charge in [-0.15, -0.1) is 0 Å². The summed E-state index contributed by atoms with van der Waals surface area (Å²) in [7, 11) is 1.91. The van der Waals surface area contributed by atoms with Gasteiger partial charge in [-0.3, -0.25) is 4.68 Å². The third-order valence-electron chi connectivity index (χ3n) is 2.94. The van der Waals surface area contributed by atoms with Gasteiger partial charge < -0.3 is 4.74 Å². The van der Waals surface area contributed by atoms with Gasteiger partial charge in [-0.05, 0) is 17.7 Å². The van der Waals surface area contributed by atoms with Gasteiger partial charge in [-0.25, -0.2) is 0 Å². The maximum Gasteiger partial charge on any atom is 0.148 e. The molecule has 0 fully saturated rings. The molecule has 19 heavy (non-hydrogen) atoms. The first kappa shape index (κ1) is 12.2. The van der Waals surface area contributed by atoms with Crippen LogP contribution in [0.15, 0.2) is 53.1 Å². The van der Waals surface area contributed by atoms with Crippen molar-refractivity contribution in [3.63, 3.8) is 0 Å². The summed E-state index contributed by atoms with van der Waals surface area (Å²) in [5.74, 6) is 0.808. The smallest absolute Gasteiger partial charge is 0.148 e. The Bertz CT molecular complexity index is 707. The highest BCUT2D eigenvalue weighted by molar-refractivity contribution is 9.10. The van der Waals surface area contributed by atoms with Crippen LogP contribution >= 0.6 is 15.9 Å². The molecule has 0 spiro atoms. The predicted octanol–water partition coefficient (Wildman–Crippen LogP) is 3.91. The fraction of sp³-hybridized carbons (Fsp3) is 0.133. The topological polar surface area (TPSA) is 27.1 Å². The van der Waals surface area contributed by atoms with Gasteiger partial charge in [0.25, 0.3) is 0 Å². The first-order valence-corrected chi connectivity index (χ1v) is 6.82. The summed E-state index contributed by atoms with van der Waals surface area (Å²) in [6, 6.07) is 14.1. The van der Waals surface area contributed by atoms with Crippen molar-refractivity contribution in [3.8, 4) is 5.75 Å². The van der Waals surface area contributed by atoms with Gasteiger partial charge in [0.2, 0.25) is 0 Å². The molecule has 0 radical (unpaired) electrons. The van der Waals surface area contributed by atoms with Crippen LogP contribution in [0.2, 0.25) is 0 Å². The van der Waals surface area contributed by atoms with Crippen LogP contribution in [0, 0.1) is 0 Å². The lowest BCUT2D eigenvalue weighted by atomic mass is 10.2. The summed E-state index contributed by atoms with van der Waals surface area (Å²) in [5, 5.41) is 5.51. The molecule has 3 rings (SSSR count). The van der Waals surface area contributed by atoms with E-state index >= 15 is 0 Å².